The number of benzene rings is 2. The summed E-state index contributed by atoms with van der Waals surface area (Å²) in [6.45, 7) is 0.285. The number of aliphatic carboxylic acids is 1. The van der Waals surface area contributed by atoms with E-state index in [1.807, 2.05) is 18.2 Å². The Morgan fingerprint density at radius 2 is 1.67 bits per heavy atom. The second kappa shape index (κ2) is 8.35. The van der Waals surface area contributed by atoms with Crippen LogP contribution in [0.2, 0.25) is 0 Å². The Labute approximate surface area is 156 Å². The fourth-order valence-corrected chi connectivity index (χ4v) is 2.87. The average molecular weight is 368 g/mol. The van der Waals surface area contributed by atoms with E-state index >= 15 is 0 Å². The number of carboxylic acids is 1. The summed E-state index contributed by atoms with van der Waals surface area (Å²) in [4.78, 5) is 34.3. The SMILES string of the molecule is O=C(O)CNC(=O)Cc1ccc(NC(=O)Cc2ccc3c(c2)CCO3)cc1. The zero-order chi connectivity index (χ0) is 19.2. The van der Waals surface area contributed by atoms with Crippen molar-refractivity contribution in [1.29, 1.82) is 0 Å². The van der Waals surface area contributed by atoms with Crippen LogP contribution < -0.4 is 15.4 Å². The largest absolute Gasteiger partial charge is 0.493 e. The Kier molecular flexibility index (Phi) is 5.71. The van der Waals surface area contributed by atoms with E-state index < -0.39 is 12.5 Å². The van der Waals surface area contributed by atoms with Gasteiger partial charge in [-0.1, -0.05) is 24.3 Å². The number of carbonyl (C=O) groups is 3. The number of nitrogens with one attached hydrogen (secondary N) is 2. The molecule has 1 aliphatic rings. The fourth-order valence-electron chi connectivity index (χ4n) is 2.87. The molecule has 0 atom stereocenters. The van der Waals surface area contributed by atoms with Crippen molar-refractivity contribution in [3.05, 3.63) is 59.2 Å². The van der Waals surface area contributed by atoms with Gasteiger partial charge < -0.3 is 20.5 Å². The third kappa shape index (κ3) is 5.31. The molecule has 2 aromatic carbocycles. The topological polar surface area (TPSA) is 105 Å². The van der Waals surface area contributed by atoms with Crippen LogP contribution in [0.25, 0.3) is 0 Å². The number of ether oxygens (including phenoxy) is 1. The van der Waals surface area contributed by atoms with Crippen molar-refractivity contribution in [1.82, 2.24) is 5.32 Å². The van der Waals surface area contributed by atoms with Gasteiger partial charge in [-0.3, -0.25) is 14.4 Å². The van der Waals surface area contributed by atoms with Gasteiger partial charge in [-0.25, -0.2) is 0 Å². The predicted octanol–water partition coefficient (Wildman–Crippen LogP) is 1.55. The first-order valence-electron chi connectivity index (χ1n) is 8.61. The van der Waals surface area contributed by atoms with Gasteiger partial charge in [-0.15, -0.1) is 0 Å². The van der Waals surface area contributed by atoms with E-state index in [0.717, 1.165) is 28.9 Å². The number of amides is 2. The lowest BCUT2D eigenvalue weighted by atomic mass is 10.1. The molecule has 0 fully saturated rings. The van der Waals surface area contributed by atoms with Gasteiger partial charge >= 0.3 is 5.97 Å². The zero-order valence-corrected chi connectivity index (χ0v) is 14.7. The van der Waals surface area contributed by atoms with E-state index in [2.05, 4.69) is 10.6 Å². The lowest BCUT2D eigenvalue weighted by Crippen LogP contribution is -2.30. The van der Waals surface area contributed by atoms with Crippen LogP contribution in [0.5, 0.6) is 5.75 Å². The lowest BCUT2D eigenvalue weighted by Gasteiger charge is -2.08. The van der Waals surface area contributed by atoms with Crippen LogP contribution in [0.15, 0.2) is 42.5 Å². The highest BCUT2D eigenvalue weighted by Crippen LogP contribution is 2.26. The molecular formula is C20H20N2O5. The minimum atomic E-state index is -1.09. The Hall–Kier alpha value is -3.35. The van der Waals surface area contributed by atoms with E-state index in [4.69, 9.17) is 9.84 Å². The molecule has 3 N–H and O–H groups in total. The second-order valence-electron chi connectivity index (χ2n) is 6.31. The van der Waals surface area contributed by atoms with Crippen LogP contribution in [-0.4, -0.2) is 36.0 Å². The Balaban J connectivity index is 1.51. The summed E-state index contributed by atoms with van der Waals surface area (Å²) in [6.07, 6.45) is 1.22. The van der Waals surface area contributed by atoms with Crippen LogP contribution in [0, 0.1) is 0 Å². The molecule has 0 spiro atoms. The smallest absolute Gasteiger partial charge is 0.322 e. The molecular weight excluding hydrogens is 348 g/mol. The lowest BCUT2D eigenvalue weighted by molar-refractivity contribution is -0.137. The second-order valence-corrected chi connectivity index (χ2v) is 6.31. The third-order valence-corrected chi connectivity index (χ3v) is 4.16. The predicted molar refractivity (Wildman–Crippen MR) is 98.8 cm³/mol. The number of rotatable bonds is 7. The summed E-state index contributed by atoms with van der Waals surface area (Å²) in [6, 6.07) is 12.7. The van der Waals surface area contributed by atoms with Gasteiger partial charge in [0.1, 0.15) is 12.3 Å². The van der Waals surface area contributed by atoms with Crippen molar-refractivity contribution in [3.63, 3.8) is 0 Å². The maximum atomic E-state index is 12.2. The number of carboxylic acid groups (broad SMARTS) is 1. The van der Waals surface area contributed by atoms with E-state index in [1.54, 1.807) is 24.3 Å². The molecule has 140 valence electrons. The number of hydrogen-bond donors (Lipinski definition) is 3. The van der Waals surface area contributed by atoms with Crippen LogP contribution in [0.1, 0.15) is 16.7 Å². The summed E-state index contributed by atoms with van der Waals surface area (Å²) in [5, 5.41) is 13.7. The number of fused-ring (bicyclic) bond motifs is 1. The van der Waals surface area contributed by atoms with Crippen molar-refractivity contribution in [3.8, 4) is 5.75 Å². The first-order chi connectivity index (χ1) is 13.0. The van der Waals surface area contributed by atoms with Gasteiger partial charge in [0.05, 0.1) is 19.4 Å². The maximum Gasteiger partial charge on any atom is 0.322 e. The fraction of sp³-hybridized carbons (Fsp3) is 0.250. The average Bonchev–Trinajstić information content (AvgIpc) is 3.09. The molecule has 1 aliphatic heterocycles. The van der Waals surface area contributed by atoms with E-state index in [1.165, 1.54) is 0 Å². The highest BCUT2D eigenvalue weighted by molar-refractivity contribution is 5.92. The summed E-state index contributed by atoms with van der Waals surface area (Å²) in [5.74, 6) is -0.685. The van der Waals surface area contributed by atoms with Gasteiger partial charge in [0.2, 0.25) is 11.8 Å². The summed E-state index contributed by atoms with van der Waals surface area (Å²) in [7, 11) is 0. The van der Waals surface area contributed by atoms with E-state index in [-0.39, 0.29) is 24.7 Å². The summed E-state index contributed by atoms with van der Waals surface area (Å²) < 4.78 is 5.46. The van der Waals surface area contributed by atoms with Gasteiger partial charge in [0.25, 0.3) is 0 Å². The highest BCUT2D eigenvalue weighted by Gasteiger charge is 2.13. The Morgan fingerprint density at radius 1 is 0.963 bits per heavy atom. The summed E-state index contributed by atoms with van der Waals surface area (Å²) >= 11 is 0. The minimum Gasteiger partial charge on any atom is -0.493 e. The van der Waals surface area contributed by atoms with Crippen LogP contribution >= 0.6 is 0 Å². The monoisotopic (exact) mass is 368 g/mol. The molecule has 0 aliphatic carbocycles. The van der Waals surface area contributed by atoms with Crippen molar-refractivity contribution in [2.45, 2.75) is 19.3 Å². The third-order valence-electron chi connectivity index (χ3n) is 4.16. The molecule has 0 saturated heterocycles. The van der Waals surface area contributed by atoms with Crippen molar-refractivity contribution >= 4 is 23.5 Å². The number of carbonyl (C=O) groups excluding carboxylic acids is 2. The zero-order valence-electron chi connectivity index (χ0n) is 14.7. The van der Waals surface area contributed by atoms with Crippen LogP contribution in [0.3, 0.4) is 0 Å². The van der Waals surface area contributed by atoms with Gasteiger partial charge in [0.15, 0.2) is 0 Å². The van der Waals surface area contributed by atoms with Crippen LogP contribution in [-0.2, 0) is 33.6 Å². The van der Waals surface area contributed by atoms with E-state index in [0.29, 0.717) is 12.3 Å². The van der Waals surface area contributed by atoms with Crippen molar-refractivity contribution < 1.29 is 24.2 Å². The van der Waals surface area contributed by atoms with Crippen molar-refractivity contribution in [2.75, 3.05) is 18.5 Å². The Bertz CT molecular complexity index is 861. The molecule has 0 radical (unpaired) electrons. The highest BCUT2D eigenvalue weighted by atomic mass is 16.5. The molecule has 2 amide bonds. The molecule has 0 aromatic heterocycles. The van der Waals surface area contributed by atoms with Gasteiger partial charge in [0, 0.05) is 12.1 Å². The molecule has 7 nitrogen and oxygen atoms in total. The van der Waals surface area contributed by atoms with Crippen molar-refractivity contribution in [2.24, 2.45) is 0 Å². The molecule has 3 rings (SSSR count). The van der Waals surface area contributed by atoms with Gasteiger partial charge in [-0.05, 0) is 34.9 Å². The minimum absolute atomic E-state index is 0.0820. The molecule has 27 heavy (non-hydrogen) atoms. The quantitative estimate of drug-likeness (QED) is 0.688. The molecule has 7 heteroatoms. The molecule has 0 bridgehead atoms. The molecule has 0 saturated carbocycles. The van der Waals surface area contributed by atoms with Gasteiger partial charge in [-0.2, -0.15) is 0 Å². The maximum absolute atomic E-state index is 12.2. The standard InChI is InChI=1S/C20H20N2O5/c23-18(21-12-20(25)26)10-13-1-4-16(5-2-13)22-19(24)11-14-3-6-17-15(9-14)7-8-27-17/h1-6,9H,7-8,10-12H2,(H,21,23)(H,22,24)(H,25,26). The normalized spacial score (nSPS) is 12.0. The molecule has 2 aromatic rings. The molecule has 1 heterocycles. The Morgan fingerprint density at radius 3 is 2.41 bits per heavy atom. The first-order valence-corrected chi connectivity index (χ1v) is 8.61. The van der Waals surface area contributed by atoms with Crippen LogP contribution in [0.4, 0.5) is 5.69 Å². The van der Waals surface area contributed by atoms with E-state index in [9.17, 15) is 14.4 Å². The number of anilines is 1. The summed E-state index contributed by atoms with van der Waals surface area (Å²) in [5.41, 5.74) is 3.43. The number of hydrogen-bond acceptors (Lipinski definition) is 4. The first kappa shape index (κ1) is 18.4. The molecule has 0 unspecified atom stereocenters.